The molecule has 0 saturated heterocycles. The first-order valence-corrected chi connectivity index (χ1v) is 11.8. The Balaban J connectivity index is 1.39. The maximum atomic E-state index is 13.9. The van der Waals surface area contributed by atoms with Gasteiger partial charge in [0.1, 0.15) is 5.82 Å². The number of benzene rings is 4. The number of thioether (sulfide) groups is 1. The summed E-state index contributed by atoms with van der Waals surface area (Å²) in [7, 11) is 0. The first kappa shape index (κ1) is 21.9. The summed E-state index contributed by atoms with van der Waals surface area (Å²) < 4.78 is 15.7. The molecule has 0 aliphatic carbocycles. The lowest BCUT2D eigenvalue weighted by atomic mass is 10.2. The number of nitrogens with one attached hydrogen (secondary N) is 1. The van der Waals surface area contributed by atoms with Crippen molar-refractivity contribution in [2.75, 3.05) is 5.32 Å². The molecule has 0 bridgehead atoms. The number of amides is 1. The molecule has 1 aromatic heterocycles. The van der Waals surface area contributed by atoms with Crippen molar-refractivity contribution in [3.05, 3.63) is 108 Å². The molecule has 6 heteroatoms. The standard InChI is InChI=1S/C28H21FN2O2S/c1-18(28(33)31-25-15-6-3-11-21(25)22-12-4-7-16-26(22)31)34-20-10-8-9-19(17-20)30-27(32)23-13-2-5-14-24(23)29/h2-18H,1H3,(H,30,32). The second-order valence-electron chi connectivity index (χ2n) is 7.93. The van der Waals surface area contributed by atoms with E-state index in [1.165, 1.54) is 23.9 Å². The van der Waals surface area contributed by atoms with Gasteiger partial charge in [-0.15, -0.1) is 11.8 Å². The summed E-state index contributed by atoms with van der Waals surface area (Å²) in [5.41, 5.74) is 2.28. The van der Waals surface area contributed by atoms with Crippen molar-refractivity contribution in [2.24, 2.45) is 0 Å². The fraction of sp³-hybridized carbons (Fsp3) is 0.0714. The van der Waals surface area contributed by atoms with Gasteiger partial charge in [-0.1, -0.05) is 54.6 Å². The van der Waals surface area contributed by atoms with Crippen molar-refractivity contribution in [3.8, 4) is 0 Å². The van der Waals surface area contributed by atoms with Crippen LogP contribution >= 0.6 is 11.8 Å². The predicted molar refractivity (Wildman–Crippen MR) is 136 cm³/mol. The summed E-state index contributed by atoms with van der Waals surface area (Å²) in [5.74, 6) is -1.12. The van der Waals surface area contributed by atoms with E-state index in [0.717, 1.165) is 26.7 Å². The van der Waals surface area contributed by atoms with Crippen molar-refractivity contribution < 1.29 is 14.0 Å². The first-order chi connectivity index (χ1) is 16.5. The van der Waals surface area contributed by atoms with Gasteiger partial charge in [0, 0.05) is 21.4 Å². The highest BCUT2D eigenvalue weighted by Gasteiger charge is 2.22. The highest BCUT2D eigenvalue weighted by molar-refractivity contribution is 8.00. The molecule has 5 rings (SSSR count). The van der Waals surface area contributed by atoms with Gasteiger partial charge in [-0.25, -0.2) is 4.39 Å². The topological polar surface area (TPSA) is 51.1 Å². The SMILES string of the molecule is CC(Sc1cccc(NC(=O)c2ccccc2F)c1)C(=O)n1c2ccccc2c2ccccc21. The van der Waals surface area contributed by atoms with Crippen LogP contribution in [0.2, 0.25) is 0 Å². The first-order valence-electron chi connectivity index (χ1n) is 10.9. The fourth-order valence-electron chi connectivity index (χ4n) is 4.09. The quantitative estimate of drug-likeness (QED) is 0.282. The molecule has 1 unspecified atom stereocenters. The Morgan fingerprint density at radius 3 is 2.12 bits per heavy atom. The number of nitrogens with zero attached hydrogens (tertiary/aromatic N) is 1. The van der Waals surface area contributed by atoms with Crippen LogP contribution in [0.1, 0.15) is 22.1 Å². The van der Waals surface area contributed by atoms with Gasteiger partial charge in [-0.3, -0.25) is 14.2 Å². The number of hydrogen-bond donors (Lipinski definition) is 1. The summed E-state index contributed by atoms with van der Waals surface area (Å²) in [6, 6.07) is 28.9. The van der Waals surface area contributed by atoms with Gasteiger partial charge in [0.2, 0.25) is 5.91 Å². The maximum Gasteiger partial charge on any atom is 0.258 e. The van der Waals surface area contributed by atoms with Crippen LogP contribution in [0.4, 0.5) is 10.1 Å². The van der Waals surface area contributed by atoms with E-state index in [9.17, 15) is 14.0 Å². The van der Waals surface area contributed by atoms with E-state index in [1.54, 1.807) is 34.9 Å². The van der Waals surface area contributed by atoms with Crippen LogP contribution < -0.4 is 5.32 Å². The molecule has 0 aliphatic rings. The van der Waals surface area contributed by atoms with Crippen LogP contribution in [0.3, 0.4) is 0 Å². The molecule has 0 spiro atoms. The van der Waals surface area contributed by atoms with E-state index in [4.69, 9.17) is 0 Å². The van der Waals surface area contributed by atoms with Crippen LogP contribution in [-0.2, 0) is 0 Å². The van der Waals surface area contributed by atoms with E-state index in [1.807, 2.05) is 61.5 Å². The average molecular weight is 469 g/mol. The van der Waals surface area contributed by atoms with E-state index in [2.05, 4.69) is 5.32 Å². The summed E-state index contributed by atoms with van der Waals surface area (Å²) in [6.07, 6.45) is 0. The van der Waals surface area contributed by atoms with Crippen molar-refractivity contribution in [1.29, 1.82) is 0 Å². The molecular weight excluding hydrogens is 447 g/mol. The van der Waals surface area contributed by atoms with Gasteiger partial charge in [-0.05, 0) is 49.4 Å². The number of hydrogen-bond acceptors (Lipinski definition) is 3. The molecule has 0 radical (unpaired) electrons. The molecule has 0 aliphatic heterocycles. The van der Waals surface area contributed by atoms with Gasteiger partial charge >= 0.3 is 0 Å². The Bertz CT molecular complexity index is 1490. The molecule has 1 heterocycles. The third kappa shape index (κ3) is 4.08. The lowest BCUT2D eigenvalue weighted by Crippen LogP contribution is -2.21. The number of fused-ring (bicyclic) bond motifs is 3. The van der Waals surface area contributed by atoms with Crippen LogP contribution in [0.25, 0.3) is 21.8 Å². The van der Waals surface area contributed by atoms with Crippen LogP contribution in [0.15, 0.2) is 102 Å². The zero-order valence-electron chi connectivity index (χ0n) is 18.4. The second-order valence-corrected chi connectivity index (χ2v) is 9.34. The van der Waals surface area contributed by atoms with Crippen molar-refractivity contribution >= 4 is 51.1 Å². The molecule has 0 saturated carbocycles. The zero-order chi connectivity index (χ0) is 23.7. The fourth-order valence-corrected chi connectivity index (χ4v) is 5.05. The molecule has 1 N–H and O–H groups in total. The summed E-state index contributed by atoms with van der Waals surface area (Å²) >= 11 is 1.41. The van der Waals surface area contributed by atoms with Crippen LogP contribution in [0.5, 0.6) is 0 Å². The highest BCUT2D eigenvalue weighted by Crippen LogP contribution is 2.32. The molecule has 1 atom stereocenters. The number of rotatable bonds is 5. The molecule has 5 aromatic rings. The van der Waals surface area contributed by atoms with Crippen LogP contribution in [0, 0.1) is 5.82 Å². The normalized spacial score (nSPS) is 12.1. The minimum absolute atomic E-state index is 0.0181. The molecule has 4 aromatic carbocycles. The molecule has 1 amide bonds. The van der Waals surface area contributed by atoms with E-state index in [-0.39, 0.29) is 16.7 Å². The Morgan fingerprint density at radius 1 is 0.824 bits per heavy atom. The summed E-state index contributed by atoms with van der Waals surface area (Å²) in [5, 5.41) is 4.44. The van der Waals surface area contributed by atoms with Crippen molar-refractivity contribution in [1.82, 2.24) is 4.57 Å². The van der Waals surface area contributed by atoms with E-state index in [0.29, 0.717) is 5.69 Å². The lowest BCUT2D eigenvalue weighted by molar-refractivity contribution is 0.0924. The monoisotopic (exact) mass is 468 g/mol. The number of anilines is 1. The van der Waals surface area contributed by atoms with E-state index < -0.39 is 11.7 Å². The number of halogens is 1. The van der Waals surface area contributed by atoms with Gasteiger partial charge in [0.25, 0.3) is 5.91 Å². The predicted octanol–water partition coefficient (Wildman–Crippen LogP) is 7.01. The van der Waals surface area contributed by atoms with Crippen LogP contribution in [-0.4, -0.2) is 21.6 Å². The maximum absolute atomic E-state index is 13.9. The third-order valence-corrected chi connectivity index (χ3v) is 6.75. The zero-order valence-corrected chi connectivity index (χ0v) is 19.2. The second kappa shape index (κ2) is 9.15. The molecule has 0 fully saturated rings. The van der Waals surface area contributed by atoms with Crippen molar-refractivity contribution in [3.63, 3.8) is 0 Å². The van der Waals surface area contributed by atoms with Gasteiger partial charge in [0.15, 0.2) is 0 Å². The molecule has 168 valence electrons. The van der Waals surface area contributed by atoms with Gasteiger partial charge in [0.05, 0.1) is 21.8 Å². The van der Waals surface area contributed by atoms with E-state index >= 15 is 0 Å². The summed E-state index contributed by atoms with van der Waals surface area (Å²) in [6.45, 7) is 1.88. The van der Waals surface area contributed by atoms with Gasteiger partial charge < -0.3 is 5.32 Å². The Labute approximate surface area is 200 Å². The minimum Gasteiger partial charge on any atom is -0.322 e. The molecule has 34 heavy (non-hydrogen) atoms. The highest BCUT2D eigenvalue weighted by atomic mass is 32.2. The van der Waals surface area contributed by atoms with Crippen molar-refractivity contribution in [2.45, 2.75) is 17.1 Å². The number of para-hydroxylation sites is 2. The Kier molecular flexibility index (Phi) is 5.90. The number of carbonyl (C=O) groups excluding carboxylic acids is 2. The Hall–Kier alpha value is -3.90. The van der Waals surface area contributed by atoms with Gasteiger partial charge in [-0.2, -0.15) is 0 Å². The largest absolute Gasteiger partial charge is 0.322 e. The minimum atomic E-state index is -0.573. The number of carbonyl (C=O) groups is 2. The smallest absolute Gasteiger partial charge is 0.258 e. The number of aromatic nitrogens is 1. The third-order valence-electron chi connectivity index (χ3n) is 5.67. The average Bonchev–Trinajstić information content (AvgIpc) is 3.18. The molecule has 4 nitrogen and oxygen atoms in total. The Morgan fingerprint density at radius 2 is 1.44 bits per heavy atom. The lowest BCUT2D eigenvalue weighted by Gasteiger charge is -2.14. The summed E-state index contributed by atoms with van der Waals surface area (Å²) in [4.78, 5) is 26.8. The molecular formula is C28H21FN2O2S.